The summed E-state index contributed by atoms with van der Waals surface area (Å²) in [5.41, 5.74) is 0.405. The van der Waals surface area contributed by atoms with Crippen LogP contribution in [0.3, 0.4) is 0 Å². The molecule has 574 valence electrons. The molecule has 22 nitrogen and oxygen atoms in total. The normalized spacial score (nSPS) is 24.6. The van der Waals surface area contributed by atoms with Gasteiger partial charge in [-0.25, -0.2) is 19.2 Å². The van der Waals surface area contributed by atoms with Gasteiger partial charge in [-0.1, -0.05) is 241 Å². The highest BCUT2D eigenvalue weighted by Crippen LogP contribution is 2.39. The van der Waals surface area contributed by atoms with Gasteiger partial charge in [0, 0.05) is 20.8 Å². The molecule has 3 heterocycles. The van der Waals surface area contributed by atoms with Gasteiger partial charge < -0.3 is 71.8 Å². The van der Waals surface area contributed by atoms with Gasteiger partial charge in [-0.2, -0.15) is 0 Å². The molecule has 4 aromatic rings. The number of aliphatic hydroxyl groups excluding tert-OH is 2. The number of ether oxygens (including phenoxy) is 13. The minimum atomic E-state index is -2.06. The maximum Gasteiger partial charge on any atom is 0.338 e. The number of unbranched alkanes of at least 4 members (excludes halogenated alkanes) is 22. The first kappa shape index (κ1) is 84.1. The zero-order valence-electron chi connectivity index (χ0n) is 61.9. The van der Waals surface area contributed by atoms with Crippen molar-refractivity contribution >= 4 is 41.8 Å². The van der Waals surface area contributed by atoms with E-state index >= 15 is 4.79 Å². The Bertz CT molecular complexity index is 3090. The molecule has 4 aromatic carbocycles. The number of carbonyl (C=O) groups excluding carboxylic acids is 7. The summed E-state index contributed by atoms with van der Waals surface area (Å²) in [6.07, 6.45) is 3.63. The topological polar surface area (TPSA) is 280 Å². The molecule has 3 fully saturated rings. The van der Waals surface area contributed by atoms with Crippen molar-refractivity contribution in [3.8, 4) is 0 Å². The van der Waals surface area contributed by atoms with E-state index in [0.717, 1.165) is 85.0 Å². The minimum absolute atomic E-state index is 0.0259. The Morgan fingerprint density at radius 1 is 0.356 bits per heavy atom. The van der Waals surface area contributed by atoms with E-state index in [0.29, 0.717) is 0 Å². The minimum Gasteiger partial charge on any atom is -0.459 e. The van der Waals surface area contributed by atoms with E-state index in [1.807, 2.05) is 0 Å². The van der Waals surface area contributed by atoms with Gasteiger partial charge in [-0.15, -0.1) is 0 Å². The summed E-state index contributed by atoms with van der Waals surface area (Å²) in [6, 6.07) is 31.9. The number of rotatable bonds is 46. The lowest BCUT2D eigenvalue weighted by Gasteiger charge is -2.50. The van der Waals surface area contributed by atoms with Crippen molar-refractivity contribution in [2.45, 2.75) is 301 Å². The molecule has 0 aromatic heterocycles. The second-order valence-electron chi connectivity index (χ2n) is 27.7. The van der Waals surface area contributed by atoms with Gasteiger partial charge in [-0.3, -0.25) is 14.4 Å². The Balaban J connectivity index is 1.31. The van der Waals surface area contributed by atoms with E-state index < -0.39 is 147 Å². The van der Waals surface area contributed by atoms with Gasteiger partial charge in [0.2, 0.25) is 0 Å². The van der Waals surface area contributed by atoms with Crippen LogP contribution in [0.5, 0.6) is 0 Å². The van der Waals surface area contributed by atoms with E-state index in [2.05, 4.69) is 13.8 Å². The average Bonchev–Trinajstić information content (AvgIpc) is 0.761. The molecule has 104 heavy (non-hydrogen) atoms. The maximum absolute atomic E-state index is 15.0. The molecule has 3 aliphatic rings. The highest BCUT2D eigenvalue weighted by Gasteiger charge is 2.59. The lowest BCUT2D eigenvalue weighted by molar-refractivity contribution is -0.385. The van der Waals surface area contributed by atoms with Crippen molar-refractivity contribution in [3.63, 3.8) is 0 Å². The third kappa shape index (κ3) is 28.3. The number of carbonyl (C=O) groups is 7. The fourth-order valence-corrected chi connectivity index (χ4v) is 13.5. The number of aliphatic hydroxyl groups is 2. The zero-order chi connectivity index (χ0) is 74.4. The van der Waals surface area contributed by atoms with E-state index in [1.54, 1.807) is 84.9 Å². The summed E-state index contributed by atoms with van der Waals surface area (Å²) in [4.78, 5) is 96.4. The van der Waals surface area contributed by atoms with Crippen LogP contribution in [0.15, 0.2) is 121 Å². The molecule has 3 aliphatic heterocycles. The van der Waals surface area contributed by atoms with Gasteiger partial charge in [0.05, 0.1) is 35.0 Å². The molecule has 3 saturated heterocycles. The predicted molar refractivity (Wildman–Crippen MR) is 386 cm³/mol. The van der Waals surface area contributed by atoms with E-state index in [1.165, 1.54) is 146 Å². The predicted octanol–water partition coefficient (Wildman–Crippen LogP) is 14.4. The number of hydrogen-bond acceptors (Lipinski definition) is 22. The highest BCUT2D eigenvalue weighted by molar-refractivity contribution is 5.91. The van der Waals surface area contributed by atoms with Gasteiger partial charge >= 0.3 is 41.8 Å². The van der Waals surface area contributed by atoms with Crippen LogP contribution in [0.2, 0.25) is 0 Å². The monoisotopic (exact) mass is 1450 g/mol. The highest BCUT2D eigenvalue weighted by atomic mass is 16.8. The Kier molecular flexibility index (Phi) is 37.8. The standard InChI is InChI=1S/C82H114O22/c1-7-9-11-13-15-17-19-21-23-25-27-33-43-60(44-34-28-26-24-22-20-18-16-14-12-10-8-2)53-94-80-74(102-79(91)64-51-41-32-42-52-64)73(104-82-75(98-59(6)85)72(97-58(5)84)69(56(3)95-82)96-57(4)83)70(66(100-80)55-93-77(89)62-47-37-30-38-48-62)103-81-71(101-78(90)63-49-39-31-40-50-63)68(87)67(86)65(99-81)54-92-76(88)61-45-35-29-36-46-61/h29-32,35-42,45-52,56,60,65-75,80-82,86-87H,7-28,33-34,43-44,53-55H2,1-6H3/t56-,65+,66+,67-,68-,69+,70+,71+,72+,73-,74+,75-,80+,81-,82-/m0/s1. The van der Waals surface area contributed by atoms with Gasteiger partial charge in [0.1, 0.15) is 49.8 Å². The molecule has 0 unspecified atom stereocenters. The van der Waals surface area contributed by atoms with E-state index in [9.17, 15) is 39.0 Å². The first-order chi connectivity index (χ1) is 50.5. The number of hydrogen-bond donors (Lipinski definition) is 2. The molecule has 7 rings (SSSR count). The van der Waals surface area contributed by atoms with Crippen LogP contribution in [-0.2, 0) is 76.0 Å². The summed E-state index contributed by atoms with van der Waals surface area (Å²) in [5, 5.41) is 24.2. The molecule has 0 amide bonds. The van der Waals surface area contributed by atoms with Crippen LogP contribution < -0.4 is 0 Å². The third-order valence-corrected chi connectivity index (χ3v) is 19.2. The molecular weight excluding hydrogens is 1340 g/mol. The van der Waals surface area contributed by atoms with Crippen molar-refractivity contribution in [1.29, 1.82) is 0 Å². The molecule has 15 atom stereocenters. The van der Waals surface area contributed by atoms with Crippen molar-refractivity contribution < 1.29 is 105 Å². The van der Waals surface area contributed by atoms with Crippen molar-refractivity contribution in [2.75, 3.05) is 19.8 Å². The van der Waals surface area contributed by atoms with Crippen molar-refractivity contribution in [1.82, 2.24) is 0 Å². The summed E-state index contributed by atoms with van der Waals surface area (Å²) in [7, 11) is 0. The van der Waals surface area contributed by atoms with Crippen LogP contribution in [-0.4, -0.2) is 164 Å². The average molecular weight is 1450 g/mol. The molecule has 0 saturated carbocycles. The van der Waals surface area contributed by atoms with Gasteiger partial charge in [0.25, 0.3) is 0 Å². The molecule has 0 spiro atoms. The zero-order valence-corrected chi connectivity index (χ0v) is 61.9. The summed E-state index contributed by atoms with van der Waals surface area (Å²) < 4.78 is 83.3. The SMILES string of the molecule is CCCCCCCCCCCCCCC(CCCCCCCCCCCCCC)CO[C@@H]1O[C@H](COC(=O)c2ccccc2)[C@@H](O[C@@H]2O[C@H](COC(=O)c3ccccc3)[C@H](O)[C@H](O)[C@H]2OC(=O)c2ccccc2)[C@H](O[C@@H]2O[C@@H](C)[C@@H](OC(C)=O)[C@@H](OC(C)=O)[C@@H]2OC(C)=O)[C@H]1OC(=O)c1ccccc1. The number of esters is 7. The summed E-state index contributed by atoms with van der Waals surface area (Å²) in [6.45, 7) is 7.96. The fourth-order valence-electron chi connectivity index (χ4n) is 13.5. The quantitative estimate of drug-likeness (QED) is 0.0236. The Labute approximate surface area is 614 Å². The largest absolute Gasteiger partial charge is 0.459 e. The summed E-state index contributed by atoms with van der Waals surface area (Å²) >= 11 is 0. The molecule has 22 heteroatoms. The van der Waals surface area contributed by atoms with E-state index in [-0.39, 0.29) is 34.8 Å². The molecule has 0 bridgehead atoms. The van der Waals surface area contributed by atoms with Gasteiger partial charge in [0.15, 0.2) is 49.4 Å². The lowest BCUT2D eigenvalue weighted by atomic mass is 9.94. The second-order valence-corrected chi connectivity index (χ2v) is 27.7. The maximum atomic E-state index is 15.0. The molecule has 2 N–H and O–H groups in total. The van der Waals surface area contributed by atoms with Crippen LogP contribution in [0.4, 0.5) is 0 Å². The molecular formula is C82H114O22. The van der Waals surface area contributed by atoms with Crippen LogP contribution >= 0.6 is 0 Å². The van der Waals surface area contributed by atoms with Crippen LogP contribution in [0.25, 0.3) is 0 Å². The van der Waals surface area contributed by atoms with Gasteiger partial charge in [-0.05, 0) is 74.2 Å². The fraction of sp³-hybridized carbons (Fsp3) is 0.622. The molecule has 0 aliphatic carbocycles. The Hall–Kier alpha value is -7.15. The first-order valence-electron chi connectivity index (χ1n) is 38.2. The van der Waals surface area contributed by atoms with Crippen LogP contribution in [0.1, 0.15) is 250 Å². The first-order valence-corrected chi connectivity index (χ1v) is 38.2. The van der Waals surface area contributed by atoms with Crippen molar-refractivity contribution in [3.05, 3.63) is 144 Å². The van der Waals surface area contributed by atoms with Crippen LogP contribution in [0, 0.1) is 5.92 Å². The van der Waals surface area contributed by atoms with E-state index in [4.69, 9.17) is 61.6 Å². The molecule has 0 radical (unpaired) electrons. The Morgan fingerprint density at radius 2 is 0.692 bits per heavy atom. The Morgan fingerprint density at radius 3 is 1.12 bits per heavy atom. The third-order valence-electron chi connectivity index (χ3n) is 19.2. The van der Waals surface area contributed by atoms with Crippen molar-refractivity contribution in [2.24, 2.45) is 5.92 Å². The second kappa shape index (κ2) is 46.7. The lowest BCUT2D eigenvalue weighted by Crippen LogP contribution is -2.68. The number of benzene rings is 4. The smallest absolute Gasteiger partial charge is 0.338 e. The summed E-state index contributed by atoms with van der Waals surface area (Å²) in [5.74, 6) is -6.17.